The molecule has 3 aromatic rings. The van der Waals surface area contributed by atoms with E-state index in [-0.39, 0.29) is 11.5 Å². The Labute approximate surface area is 185 Å². The lowest BCUT2D eigenvalue weighted by molar-refractivity contribution is -0.117. The maximum Gasteiger partial charge on any atom is 0.338 e. The number of hydrogen-bond acceptors (Lipinski definition) is 5. The van der Waals surface area contributed by atoms with Crippen LogP contribution in [0.1, 0.15) is 35.9 Å². The average Bonchev–Trinajstić information content (AvgIpc) is 3.40. The minimum Gasteiger partial charge on any atom is -0.462 e. The first-order valence-corrected chi connectivity index (χ1v) is 10.4. The van der Waals surface area contributed by atoms with Gasteiger partial charge in [0.1, 0.15) is 17.1 Å². The fraction of sp³-hybridized carbons (Fsp3) is 0.160. The van der Waals surface area contributed by atoms with Gasteiger partial charge in [0.05, 0.1) is 17.9 Å². The van der Waals surface area contributed by atoms with Gasteiger partial charge in [-0.25, -0.2) is 9.80 Å². The Morgan fingerprint density at radius 3 is 2.50 bits per heavy atom. The first-order valence-electron chi connectivity index (χ1n) is 10.4. The van der Waals surface area contributed by atoms with Crippen LogP contribution < -0.4 is 10.4 Å². The Hall–Kier alpha value is -4.13. The summed E-state index contributed by atoms with van der Waals surface area (Å²) in [6.07, 6.45) is 3.21. The number of rotatable bonds is 7. The zero-order chi connectivity index (χ0) is 22.5. The summed E-state index contributed by atoms with van der Waals surface area (Å²) in [6, 6.07) is 19.2. The van der Waals surface area contributed by atoms with Crippen molar-refractivity contribution >= 4 is 29.5 Å². The molecule has 0 saturated carbocycles. The predicted molar refractivity (Wildman–Crippen MR) is 119 cm³/mol. The molecule has 0 unspecified atom stereocenters. The third-order valence-corrected chi connectivity index (χ3v) is 4.96. The molecule has 0 spiro atoms. The van der Waals surface area contributed by atoms with Crippen LogP contribution in [-0.2, 0) is 14.3 Å². The maximum atomic E-state index is 12.7. The fourth-order valence-corrected chi connectivity index (χ4v) is 3.21. The highest BCUT2D eigenvalue weighted by Crippen LogP contribution is 2.26. The molecule has 2 amide bonds. The van der Waals surface area contributed by atoms with Crippen LogP contribution in [0.3, 0.4) is 0 Å². The number of unbranched alkanes of at least 4 members (excludes halogenated alkanes) is 1. The number of carbonyl (C=O) groups excluding carboxylic acids is 3. The number of anilines is 1. The second-order valence-electron chi connectivity index (χ2n) is 7.24. The highest BCUT2D eigenvalue weighted by Gasteiger charge is 2.34. The maximum absolute atomic E-state index is 12.7. The van der Waals surface area contributed by atoms with Crippen LogP contribution in [0, 0.1) is 0 Å². The third-order valence-electron chi connectivity index (χ3n) is 4.96. The molecule has 1 aliphatic heterocycles. The summed E-state index contributed by atoms with van der Waals surface area (Å²) in [5.74, 6) is -0.388. The molecule has 2 aromatic carbocycles. The van der Waals surface area contributed by atoms with Crippen LogP contribution in [0.4, 0.5) is 5.69 Å². The van der Waals surface area contributed by atoms with Crippen LogP contribution >= 0.6 is 0 Å². The lowest BCUT2D eigenvalue weighted by atomic mass is 10.1. The van der Waals surface area contributed by atoms with Crippen LogP contribution in [0.2, 0.25) is 0 Å². The molecule has 0 aliphatic carbocycles. The molecule has 4 rings (SSSR count). The van der Waals surface area contributed by atoms with E-state index >= 15 is 0 Å². The van der Waals surface area contributed by atoms with Gasteiger partial charge in [-0.1, -0.05) is 43.7 Å². The number of esters is 1. The molecule has 32 heavy (non-hydrogen) atoms. The van der Waals surface area contributed by atoms with Crippen molar-refractivity contribution in [1.29, 1.82) is 0 Å². The van der Waals surface area contributed by atoms with Crippen molar-refractivity contribution < 1.29 is 23.5 Å². The molecule has 1 aliphatic rings. The monoisotopic (exact) mass is 430 g/mol. The summed E-state index contributed by atoms with van der Waals surface area (Å²) >= 11 is 0. The lowest BCUT2D eigenvalue weighted by Crippen LogP contribution is -2.35. The van der Waals surface area contributed by atoms with Gasteiger partial charge in [0.25, 0.3) is 11.8 Å². The molecular formula is C25H22N2O5. The smallest absolute Gasteiger partial charge is 0.338 e. The Balaban J connectivity index is 1.48. The Bertz CT molecular complexity index is 1160. The molecule has 7 heteroatoms. The molecule has 2 heterocycles. The standard InChI is InChI=1S/C25H22N2O5/c1-2-3-15-31-25(30)18-11-9-17(10-12-18)22-14-13-20(32-22)16-21-23(28)26-27(24(21)29)19-7-5-4-6-8-19/h4-14,16H,2-3,15H2,1H3,(H,26,28)/b21-16+. The minimum absolute atomic E-state index is 0.0140. The van der Waals surface area contributed by atoms with Crippen LogP contribution in [0.25, 0.3) is 17.4 Å². The molecule has 1 fully saturated rings. The van der Waals surface area contributed by atoms with Gasteiger partial charge in [-0.3, -0.25) is 15.0 Å². The SMILES string of the molecule is CCCCOC(=O)c1ccc(-c2ccc(/C=C3\C(=O)NN(c4ccccc4)C3=O)o2)cc1. The third kappa shape index (κ3) is 4.46. The van der Waals surface area contributed by atoms with Crippen molar-refractivity contribution in [2.45, 2.75) is 19.8 Å². The molecule has 0 radical (unpaired) electrons. The van der Waals surface area contributed by atoms with E-state index in [4.69, 9.17) is 9.15 Å². The summed E-state index contributed by atoms with van der Waals surface area (Å²) in [5, 5.41) is 1.20. The van der Waals surface area contributed by atoms with Crippen molar-refractivity contribution in [3.05, 3.63) is 83.6 Å². The quantitative estimate of drug-likeness (QED) is 0.260. The van der Waals surface area contributed by atoms with E-state index < -0.39 is 11.8 Å². The van der Waals surface area contributed by atoms with Gasteiger partial charge in [0.15, 0.2) is 0 Å². The number of nitrogens with one attached hydrogen (secondary N) is 1. The number of hydrogen-bond donors (Lipinski definition) is 1. The summed E-state index contributed by atoms with van der Waals surface area (Å²) in [6.45, 7) is 2.44. The van der Waals surface area contributed by atoms with Crippen molar-refractivity contribution in [1.82, 2.24) is 5.43 Å². The van der Waals surface area contributed by atoms with Crippen LogP contribution in [-0.4, -0.2) is 24.4 Å². The molecule has 1 N–H and O–H groups in total. The molecular weight excluding hydrogens is 408 g/mol. The first kappa shape index (κ1) is 21.1. The van der Waals surface area contributed by atoms with Crippen molar-refractivity contribution in [2.75, 3.05) is 11.6 Å². The zero-order valence-corrected chi connectivity index (χ0v) is 17.5. The van der Waals surface area contributed by atoms with E-state index in [2.05, 4.69) is 5.43 Å². The van der Waals surface area contributed by atoms with Crippen molar-refractivity contribution in [3.63, 3.8) is 0 Å². The van der Waals surface area contributed by atoms with Gasteiger partial charge >= 0.3 is 5.97 Å². The topological polar surface area (TPSA) is 88.9 Å². The Kier molecular flexibility index (Phi) is 6.17. The van der Waals surface area contributed by atoms with Gasteiger partial charge in [-0.05, 0) is 48.9 Å². The number of nitrogens with zero attached hydrogens (tertiary/aromatic N) is 1. The number of para-hydroxylation sites is 1. The Morgan fingerprint density at radius 2 is 1.78 bits per heavy atom. The largest absolute Gasteiger partial charge is 0.462 e. The van der Waals surface area contributed by atoms with E-state index in [0.717, 1.165) is 18.4 Å². The minimum atomic E-state index is -0.497. The highest BCUT2D eigenvalue weighted by atomic mass is 16.5. The number of benzene rings is 2. The average molecular weight is 430 g/mol. The van der Waals surface area contributed by atoms with Gasteiger partial charge in [0, 0.05) is 5.56 Å². The molecule has 0 atom stereocenters. The number of ether oxygens (including phenoxy) is 1. The van der Waals surface area contributed by atoms with Gasteiger partial charge in [-0.15, -0.1) is 0 Å². The first-order chi connectivity index (χ1) is 15.6. The van der Waals surface area contributed by atoms with Crippen LogP contribution in [0.15, 0.2) is 76.7 Å². The Morgan fingerprint density at radius 1 is 1.03 bits per heavy atom. The molecule has 7 nitrogen and oxygen atoms in total. The second-order valence-corrected chi connectivity index (χ2v) is 7.24. The zero-order valence-electron chi connectivity index (χ0n) is 17.5. The van der Waals surface area contributed by atoms with E-state index in [1.54, 1.807) is 60.7 Å². The van der Waals surface area contributed by atoms with E-state index in [0.29, 0.717) is 29.4 Å². The molecule has 1 aromatic heterocycles. The highest BCUT2D eigenvalue weighted by molar-refractivity contribution is 6.31. The van der Waals surface area contributed by atoms with E-state index in [1.165, 1.54) is 11.1 Å². The molecule has 0 bridgehead atoms. The summed E-state index contributed by atoms with van der Waals surface area (Å²) in [5.41, 5.74) is 4.34. The number of carbonyl (C=O) groups is 3. The molecule has 162 valence electrons. The summed E-state index contributed by atoms with van der Waals surface area (Å²) < 4.78 is 11.0. The second kappa shape index (κ2) is 9.34. The van der Waals surface area contributed by atoms with Crippen molar-refractivity contribution in [3.8, 4) is 11.3 Å². The number of hydrazine groups is 1. The predicted octanol–water partition coefficient (Wildman–Crippen LogP) is 4.36. The number of furan rings is 1. The van der Waals surface area contributed by atoms with E-state index in [1.807, 2.05) is 13.0 Å². The van der Waals surface area contributed by atoms with Gasteiger partial charge < -0.3 is 9.15 Å². The van der Waals surface area contributed by atoms with Crippen LogP contribution in [0.5, 0.6) is 0 Å². The van der Waals surface area contributed by atoms with Gasteiger partial charge in [0.2, 0.25) is 0 Å². The molecule has 1 saturated heterocycles. The number of amides is 2. The summed E-state index contributed by atoms with van der Waals surface area (Å²) in [4.78, 5) is 37.0. The normalized spacial score (nSPS) is 14.7. The van der Waals surface area contributed by atoms with Gasteiger partial charge in [-0.2, -0.15) is 0 Å². The lowest BCUT2D eigenvalue weighted by Gasteiger charge is -2.13. The summed E-state index contributed by atoms with van der Waals surface area (Å²) in [7, 11) is 0. The van der Waals surface area contributed by atoms with E-state index in [9.17, 15) is 14.4 Å². The van der Waals surface area contributed by atoms with Crippen molar-refractivity contribution in [2.24, 2.45) is 0 Å². The fourth-order valence-electron chi connectivity index (χ4n) is 3.21.